The van der Waals surface area contributed by atoms with E-state index in [1.165, 1.54) is 0 Å². The summed E-state index contributed by atoms with van der Waals surface area (Å²) in [5.74, 6) is 1.32. The van der Waals surface area contributed by atoms with Gasteiger partial charge in [0.1, 0.15) is 11.3 Å². The largest absolute Gasteiger partial charge is 0.493 e. The van der Waals surface area contributed by atoms with E-state index in [0.717, 1.165) is 33.4 Å². The molecule has 0 aromatic carbocycles. The first-order valence-corrected chi connectivity index (χ1v) is 10.3. The quantitative estimate of drug-likeness (QED) is 0.273. The molecule has 3 rings (SSSR count). The Balaban J connectivity index is 0.00000166. The van der Waals surface area contributed by atoms with Crippen LogP contribution in [0.15, 0.2) is 67.8 Å². The number of H-pyrrole nitrogens is 1. The third kappa shape index (κ3) is 5.51. The fourth-order valence-corrected chi connectivity index (χ4v) is 2.92. The number of ether oxygens (including phenoxy) is 2. The second-order valence-electron chi connectivity index (χ2n) is 6.40. The number of nitrogens with zero attached hydrogens (tertiary/aromatic N) is 4. The summed E-state index contributed by atoms with van der Waals surface area (Å²) in [5.41, 5.74) is 4.27. The van der Waals surface area contributed by atoms with Crippen LogP contribution in [0.25, 0.3) is 22.2 Å². The maximum Gasteiger partial charge on any atom is 0.221 e. The molecular formula is C24H31N5O2. The van der Waals surface area contributed by atoms with Gasteiger partial charge >= 0.3 is 0 Å². The fraction of sp³-hybridized carbons (Fsp3) is 0.292. The van der Waals surface area contributed by atoms with Crippen molar-refractivity contribution in [2.45, 2.75) is 27.2 Å². The number of aromatic amines is 1. The summed E-state index contributed by atoms with van der Waals surface area (Å²) in [6.45, 7) is 18.2. The number of hydrogen-bond acceptors (Lipinski definition) is 5. The molecule has 3 aromatic heterocycles. The molecule has 164 valence electrons. The lowest BCUT2D eigenvalue weighted by atomic mass is 10.1. The van der Waals surface area contributed by atoms with Crippen molar-refractivity contribution < 1.29 is 9.47 Å². The third-order valence-corrected chi connectivity index (χ3v) is 4.49. The van der Waals surface area contributed by atoms with Crippen LogP contribution in [0, 0.1) is 6.92 Å². The van der Waals surface area contributed by atoms with Gasteiger partial charge in [-0.2, -0.15) is 10.2 Å². The van der Waals surface area contributed by atoms with Gasteiger partial charge in [0.2, 0.25) is 5.88 Å². The SMILES string of the molecule is C=CC(C=C)=C(C=C)OCCCOc1c(-c2cc3c(C)[nH]nc3cn2)cnn1C.CC. The van der Waals surface area contributed by atoms with Crippen molar-refractivity contribution in [1.29, 1.82) is 0 Å². The second-order valence-corrected chi connectivity index (χ2v) is 6.40. The molecule has 0 aliphatic carbocycles. The highest BCUT2D eigenvalue weighted by Gasteiger charge is 2.15. The molecule has 0 saturated carbocycles. The monoisotopic (exact) mass is 421 g/mol. The van der Waals surface area contributed by atoms with E-state index in [0.29, 0.717) is 31.3 Å². The van der Waals surface area contributed by atoms with Gasteiger partial charge in [0.05, 0.1) is 36.9 Å². The Bertz CT molecular complexity index is 1070. The maximum absolute atomic E-state index is 5.99. The van der Waals surface area contributed by atoms with Crippen LogP contribution in [0.2, 0.25) is 0 Å². The summed E-state index contributed by atoms with van der Waals surface area (Å²) in [7, 11) is 1.84. The first-order chi connectivity index (χ1) is 15.1. The van der Waals surface area contributed by atoms with E-state index in [1.807, 2.05) is 33.9 Å². The van der Waals surface area contributed by atoms with Crippen LogP contribution in [0.4, 0.5) is 0 Å². The van der Waals surface area contributed by atoms with E-state index in [1.54, 1.807) is 35.3 Å². The van der Waals surface area contributed by atoms with Gasteiger partial charge in [-0.25, -0.2) is 4.68 Å². The van der Waals surface area contributed by atoms with Gasteiger partial charge in [0.25, 0.3) is 0 Å². The van der Waals surface area contributed by atoms with Gasteiger partial charge < -0.3 is 9.47 Å². The van der Waals surface area contributed by atoms with Crippen molar-refractivity contribution in [2.75, 3.05) is 13.2 Å². The molecule has 1 N–H and O–H groups in total. The van der Waals surface area contributed by atoms with E-state index in [2.05, 4.69) is 40.0 Å². The second kappa shape index (κ2) is 11.5. The first-order valence-electron chi connectivity index (χ1n) is 10.3. The Morgan fingerprint density at radius 1 is 1.13 bits per heavy atom. The minimum Gasteiger partial charge on any atom is -0.493 e. The zero-order valence-corrected chi connectivity index (χ0v) is 18.8. The Labute approximate surface area is 183 Å². The Morgan fingerprint density at radius 2 is 1.87 bits per heavy atom. The molecule has 7 nitrogen and oxygen atoms in total. The van der Waals surface area contributed by atoms with Gasteiger partial charge in [-0.05, 0) is 19.1 Å². The van der Waals surface area contributed by atoms with E-state index >= 15 is 0 Å². The molecule has 0 spiro atoms. The van der Waals surface area contributed by atoms with Crippen molar-refractivity contribution in [3.63, 3.8) is 0 Å². The standard InChI is InChI=1S/C22H25N5O2.C2H6/c1-6-16(7-2)21(8-3)28-10-9-11-29-22-18(13-24-27(22)5)19-12-17-15(4)25-26-20(17)14-23-19;1-2/h6-8,12-14H,1-3,9-11H2,4-5H3,(H,25,26);1-2H3. The minimum atomic E-state index is 0.474. The lowest BCUT2D eigenvalue weighted by Gasteiger charge is -2.11. The molecule has 0 bridgehead atoms. The van der Waals surface area contributed by atoms with Gasteiger partial charge in [-0.1, -0.05) is 45.7 Å². The molecular weight excluding hydrogens is 390 g/mol. The minimum absolute atomic E-state index is 0.474. The lowest BCUT2D eigenvalue weighted by Crippen LogP contribution is -2.06. The molecule has 0 fully saturated rings. The molecule has 31 heavy (non-hydrogen) atoms. The van der Waals surface area contributed by atoms with Gasteiger partial charge in [0, 0.05) is 30.1 Å². The van der Waals surface area contributed by atoms with E-state index in [9.17, 15) is 0 Å². The smallest absolute Gasteiger partial charge is 0.221 e. The molecule has 0 aliphatic heterocycles. The maximum atomic E-state index is 5.99. The molecule has 0 aliphatic rings. The van der Waals surface area contributed by atoms with Crippen LogP contribution in [0.3, 0.4) is 0 Å². The third-order valence-electron chi connectivity index (χ3n) is 4.49. The highest BCUT2D eigenvalue weighted by molar-refractivity contribution is 5.84. The van der Waals surface area contributed by atoms with Crippen LogP contribution in [-0.2, 0) is 11.8 Å². The van der Waals surface area contributed by atoms with Crippen LogP contribution in [0.1, 0.15) is 26.0 Å². The molecule has 0 amide bonds. The lowest BCUT2D eigenvalue weighted by molar-refractivity contribution is 0.186. The highest BCUT2D eigenvalue weighted by atomic mass is 16.5. The first kappa shape index (κ1) is 23.7. The van der Waals surface area contributed by atoms with Crippen molar-refractivity contribution in [1.82, 2.24) is 25.0 Å². The van der Waals surface area contributed by atoms with Crippen LogP contribution < -0.4 is 4.74 Å². The number of aromatic nitrogens is 5. The van der Waals surface area contributed by atoms with Crippen molar-refractivity contribution in [3.8, 4) is 17.1 Å². The molecule has 3 aromatic rings. The number of pyridine rings is 1. The van der Waals surface area contributed by atoms with E-state index < -0.39 is 0 Å². The fourth-order valence-electron chi connectivity index (χ4n) is 2.92. The molecule has 3 heterocycles. The van der Waals surface area contributed by atoms with E-state index in [4.69, 9.17) is 9.47 Å². The molecule has 0 unspecified atom stereocenters. The topological polar surface area (TPSA) is 77.8 Å². The average Bonchev–Trinajstić information content (AvgIpc) is 3.36. The number of hydrogen-bond donors (Lipinski definition) is 1. The van der Waals surface area contributed by atoms with Crippen molar-refractivity contribution in [3.05, 3.63) is 73.5 Å². The average molecular weight is 422 g/mol. The number of allylic oxidation sites excluding steroid dienone is 4. The Hall–Kier alpha value is -3.61. The summed E-state index contributed by atoms with van der Waals surface area (Å²) in [5, 5.41) is 12.5. The summed E-state index contributed by atoms with van der Waals surface area (Å²) in [6, 6.07) is 1.99. The summed E-state index contributed by atoms with van der Waals surface area (Å²) >= 11 is 0. The summed E-state index contributed by atoms with van der Waals surface area (Å²) in [6.07, 6.45) is 9.23. The highest BCUT2D eigenvalue weighted by Crippen LogP contribution is 2.30. The van der Waals surface area contributed by atoms with Gasteiger partial charge in [0.15, 0.2) is 0 Å². The Kier molecular flexibility index (Phi) is 8.81. The summed E-state index contributed by atoms with van der Waals surface area (Å²) < 4.78 is 13.4. The van der Waals surface area contributed by atoms with E-state index in [-0.39, 0.29) is 0 Å². The normalized spacial score (nSPS) is 10.1. The van der Waals surface area contributed by atoms with Crippen molar-refractivity contribution >= 4 is 10.9 Å². The zero-order chi connectivity index (χ0) is 22.8. The van der Waals surface area contributed by atoms with Gasteiger partial charge in [-0.15, -0.1) is 0 Å². The van der Waals surface area contributed by atoms with Crippen LogP contribution >= 0.6 is 0 Å². The number of rotatable bonds is 10. The predicted octanol–water partition coefficient (Wildman–Crippen LogP) is 5.29. The van der Waals surface area contributed by atoms with Crippen LogP contribution in [0.5, 0.6) is 5.88 Å². The molecule has 0 radical (unpaired) electrons. The zero-order valence-electron chi connectivity index (χ0n) is 18.8. The van der Waals surface area contributed by atoms with Crippen LogP contribution in [-0.4, -0.2) is 38.2 Å². The number of nitrogens with one attached hydrogen (secondary N) is 1. The Morgan fingerprint density at radius 3 is 2.55 bits per heavy atom. The predicted molar refractivity (Wildman–Crippen MR) is 126 cm³/mol. The summed E-state index contributed by atoms with van der Waals surface area (Å²) in [4.78, 5) is 4.50. The molecule has 0 saturated heterocycles. The molecule has 0 atom stereocenters. The number of fused-ring (bicyclic) bond motifs is 1. The van der Waals surface area contributed by atoms with Gasteiger partial charge in [-0.3, -0.25) is 10.1 Å². The molecule has 7 heteroatoms. The number of aryl methyl sites for hydroxylation is 2. The van der Waals surface area contributed by atoms with Crippen molar-refractivity contribution in [2.24, 2.45) is 7.05 Å².